The van der Waals surface area contributed by atoms with Gasteiger partial charge in [0.15, 0.2) is 5.79 Å². The Morgan fingerprint density at radius 1 is 1.23 bits per heavy atom. The minimum absolute atomic E-state index is 0.213. The lowest BCUT2D eigenvalue weighted by Gasteiger charge is -2.31. The second-order valence-electron chi connectivity index (χ2n) is 4.00. The molecule has 13 heavy (non-hydrogen) atoms. The second-order valence-corrected chi connectivity index (χ2v) is 4.38. The predicted molar refractivity (Wildman–Crippen MR) is 52.0 cm³/mol. The molecule has 1 aliphatic heterocycles. The summed E-state index contributed by atoms with van der Waals surface area (Å²) in [6, 6.07) is 0. The average molecular weight is 205 g/mol. The first kappa shape index (κ1) is 9.75. The van der Waals surface area contributed by atoms with Crippen molar-refractivity contribution in [3.8, 4) is 0 Å². The Morgan fingerprint density at radius 3 is 2.69 bits per heavy atom. The molecule has 1 atom stereocenters. The molecule has 0 aromatic rings. The van der Waals surface area contributed by atoms with Crippen LogP contribution in [0.5, 0.6) is 0 Å². The third-order valence-corrected chi connectivity index (χ3v) is 3.18. The van der Waals surface area contributed by atoms with Gasteiger partial charge >= 0.3 is 0 Å². The van der Waals surface area contributed by atoms with E-state index in [4.69, 9.17) is 21.1 Å². The molecule has 0 N–H and O–H groups in total. The highest BCUT2D eigenvalue weighted by Crippen LogP contribution is 2.38. The van der Waals surface area contributed by atoms with Crippen LogP contribution in [-0.4, -0.2) is 24.4 Å². The highest BCUT2D eigenvalue weighted by atomic mass is 35.5. The first-order valence-corrected chi connectivity index (χ1v) is 5.76. The lowest BCUT2D eigenvalue weighted by molar-refractivity contribution is -0.187. The van der Waals surface area contributed by atoms with Gasteiger partial charge in [-0.05, 0) is 19.3 Å². The fourth-order valence-corrected chi connectivity index (χ4v) is 2.48. The maximum absolute atomic E-state index is 5.92. The van der Waals surface area contributed by atoms with E-state index in [0.29, 0.717) is 5.88 Å². The van der Waals surface area contributed by atoms with E-state index in [2.05, 4.69) is 0 Å². The highest BCUT2D eigenvalue weighted by molar-refractivity contribution is 6.17. The number of hydrogen-bond donors (Lipinski definition) is 0. The second kappa shape index (κ2) is 4.16. The molecule has 2 nitrogen and oxygen atoms in total. The molecule has 1 heterocycles. The smallest absolute Gasteiger partial charge is 0.168 e. The normalized spacial score (nSPS) is 32.5. The molecule has 0 aromatic heterocycles. The number of ether oxygens (including phenoxy) is 2. The van der Waals surface area contributed by atoms with Gasteiger partial charge in [0, 0.05) is 18.7 Å². The minimum Gasteiger partial charge on any atom is -0.347 e. The third-order valence-electron chi connectivity index (χ3n) is 2.96. The Balaban J connectivity index is 1.87. The van der Waals surface area contributed by atoms with Crippen LogP contribution in [0.2, 0.25) is 0 Å². The standard InChI is InChI=1S/C10H17ClO2/c11-7-4-9-8-12-10(13-9)5-2-1-3-6-10/h9H,1-8H2/t9-/m0/s1. The van der Waals surface area contributed by atoms with Crippen molar-refractivity contribution in [1.29, 1.82) is 0 Å². The van der Waals surface area contributed by atoms with Crippen LogP contribution in [0.4, 0.5) is 0 Å². The summed E-state index contributed by atoms with van der Waals surface area (Å²) in [7, 11) is 0. The quantitative estimate of drug-likeness (QED) is 0.644. The van der Waals surface area contributed by atoms with Crippen LogP contribution < -0.4 is 0 Å². The summed E-state index contributed by atoms with van der Waals surface area (Å²) in [6.07, 6.45) is 7.13. The van der Waals surface area contributed by atoms with Crippen LogP contribution in [0, 0.1) is 0 Å². The number of rotatable bonds is 2. The summed E-state index contributed by atoms with van der Waals surface area (Å²) < 4.78 is 11.7. The maximum atomic E-state index is 5.92. The van der Waals surface area contributed by atoms with Crippen molar-refractivity contribution < 1.29 is 9.47 Å². The Bertz CT molecular complexity index is 166. The molecular formula is C10H17ClO2. The van der Waals surface area contributed by atoms with E-state index in [1.54, 1.807) is 0 Å². The predicted octanol–water partition coefficient (Wildman–Crippen LogP) is 2.69. The van der Waals surface area contributed by atoms with Crippen LogP contribution in [0.15, 0.2) is 0 Å². The molecule has 1 saturated carbocycles. The Kier molecular flexibility index (Phi) is 3.12. The molecule has 1 saturated heterocycles. The van der Waals surface area contributed by atoms with Crippen LogP contribution in [-0.2, 0) is 9.47 Å². The van der Waals surface area contributed by atoms with Gasteiger partial charge in [-0.2, -0.15) is 0 Å². The van der Waals surface area contributed by atoms with Crippen LogP contribution in [0.1, 0.15) is 38.5 Å². The van der Waals surface area contributed by atoms with E-state index in [1.165, 1.54) is 19.3 Å². The van der Waals surface area contributed by atoms with Crippen molar-refractivity contribution in [2.45, 2.75) is 50.4 Å². The summed E-state index contributed by atoms with van der Waals surface area (Å²) in [4.78, 5) is 0. The fraction of sp³-hybridized carbons (Fsp3) is 1.00. The third kappa shape index (κ3) is 2.17. The zero-order valence-electron chi connectivity index (χ0n) is 7.93. The van der Waals surface area contributed by atoms with Crippen molar-refractivity contribution in [2.24, 2.45) is 0 Å². The summed E-state index contributed by atoms with van der Waals surface area (Å²) in [5, 5.41) is 0. The average Bonchev–Trinajstić information content (AvgIpc) is 2.51. The SMILES string of the molecule is ClCC[C@H]1COC2(CCCCC2)O1. The molecule has 76 valence electrons. The van der Waals surface area contributed by atoms with Crippen LogP contribution >= 0.6 is 11.6 Å². The van der Waals surface area contributed by atoms with Gasteiger partial charge < -0.3 is 9.47 Å². The van der Waals surface area contributed by atoms with Crippen LogP contribution in [0.25, 0.3) is 0 Å². The highest BCUT2D eigenvalue weighted by Gasteiger charge is 2.41. The zero-order valence-corrected chi connectivity index (χ0v) is 8.68. The maximum Gasteiger partial charge on any atom is 0.168 e. The van der Waals surface area contributed by atoms with E-state index >= 15 is 0 Å². The number of hydrogen-bond acceptors (Lipinski definition) is 2. The lowest BCUT2D eigenvalue weighted by Crippen LogP contribution is -2.33. The molecule has 0 unspecified atom stereocenters. The zero-order chi connectivity index (χ0) is 9.15. The van der Waals surface area contributed by atoms with E-state index < -0.39 is 0 Å². The number of alkyl halides is 1. The van der Waals surface area contributed by atoms with Crippen molar-refractivity contribution >= 4 is 11.6 Å². The van der Waals surface area contributed by atoms with Gasteiger partial charge in [-0.1, -0.05) is 6.42 Å². The summed E-state index contributed by atoms with van der Waals surface area (Å²) in [6.45, 7) is 0.743. The lowest BCUT2D eigenvalue weighted by atomic mass is 9.94. The van der Waals surface area contributed by atoms with Crippen molar-refractivity contribution in [1.82, 2.24) is 0 Å². The van der Waals surface area contributed by atoms with Crippen molar-refractivity contribution in [2.75, 3.05) is 12.5 Å². The Hall–Kier alpha value is 0.210. The minimum atomic E-state index is -0.213. The first-order chi connectivity index (χ1) is 6.35. The molecular weight excluding hydrogens is 188 g/mol. The molecule has 2 fully saturated rings. The molecule has 0 bridgehead atoms. The Labute approximate surface area is 84.5 Å². The molecule has 2 aliphatic rings. The summed E-state index contributed by atoms with van der Waals surface area (Å²) in [5.74, 6) is 0.457. The van der Waals surface area contributed by atoms with Crippen LogP contribution in [0.3, 0.4) is 0 Å². The van der Waals surface area contributed by atoms with E-state index in [9.17, 15) is 0 Å². The monoisotopic (exact) mass is 204 g/mol. The molecule has 0 aromatic carbocycles. The summed E-state index contributed by atoms with van der Waals surface area (Å²) in [5.41, 5.74) is 0. The molecule has 2 rings (SSSR count). The van der Waals surface area contributed by atoms with Gasteiger partial charge in [-0.25, -0.2) is 0 Å². The fourth-order valence-electron chi connectivity index (χ4n) is 2.23. The summed E-state index contributed by atoms with van der Waals surface area (Å²) >= 11 is 5.67. The van der Waals surface area contributed by atoms with Gasteiger partial charge in [-0.3, -0.25) is 0 Å². The first-order valence-electron chi connectivity index (χ1n) is 5.22. The van der Waals surface area contributed by atoms with Gasteiger partial charge in [0.25, 0.3) is 0 Å². The molecule has 0 amide bonds. The van der Waals surface area contributed by atoms with E-state index in [-0.39, 0.29) is 11.9 Å². The number of halogens is 1. The molecule has 3 heteroatoms. The molecule has 1 spiro atoms. The van der Waals surface area contributed by atoms with Gasteiger partial charge in [-0.15, -0.1) is 11.6 Å². The Morgan fingerprint density at radius 2 is 2.00 bits per heavy atom. The molecule has 1 aliphatic carbocycles. The molecule has 0 radical (unpaired) electrons. The van der Waals surface area contributed by atoms with Gasteiger partial charge in [0.2, 0.25) is 0 Å². The van der Waals surface area contributed by atoms with Gasteiger partial charge in [0.05, 0.1) is 12.7 Å². The van der Waals surface area contributed by atoms with Crippen molar-refractivity contribution in [3.63, 3.8) is 0 Å². The van der Waals surface area contributed by atoms with E-state index in [0.717, 1.165) is 25.9 Å². The van der Waals surface area contributed by atoms with Gasteiger partial charge in [0.1, 0.15) is 0 Å². The topological polar surface area (TPSA) is 18.5 Å². The van der Waals surface area contributed by atoms with Crippen molar-refractivity contribution in [3.05, 3.63) is 0 Å². The van der Waals surface area contributed by atoms with E-state index in [1.807, 2.05) is 0 Å². The largest absolute Gasteiger partial charge is 0.347 e.